The Morgan fingerprint density at radius 2 is 2.17 bits per heavy atom. The van der Waals surface area contributed by atoms with Gasteiger partial charge in [0, 0.05) is 17.8 Å². The van der Waals surface area contributed by atoms with Crippen LogP contribution in [0.4, 0.5) is 0 Å². The number of hydrogen-bond acceptors (Lipinski definition) is 3. The number of rotatable bonds is 8. The summed E-state index contributed by atoms with van der Waals surface area (Å²) in [5.41, 5.74) is 7.38. The van der Waals surface area contributed by atoms with Crippen LogP contribution < -0.4 is 10.5 Å². The zero-order chi connectivity index (χ0) is 13.4. The average Bonchev–Trinajstić information content (AvgIpc) is 2.43. The Morgan fingerprint density at radius 3 is 2.78 bits per heavy atom. The molecule has 0 aliphatic carbocycles. The van der Waals surface area contributed by atoms with Gasteiger partial charge in [-0.1, -0.05) is 39.5 Å². The van der Waals surface area contributed by atoms with Crippen LogP contribution in [0.25, 0.3) is 0 Å². The molecule has 1 rings (SSSR count). The molecule has 3 nitrogen and oxygen atoms in total. The third-order valence-electron chi connectivity index (χ3n) is 3.57. The largest absolute Gasteiger partial charge is 0.495 e. The van der Waals surface area contributed by atoms with Gasteiger partial charge in [-0.25, -0.2) is 0 Å². The van der Waals surface area contributed by atoms with E-state index in [1.165, 1.54) is 25.7 Å². The molecule has 0 aliphatic heterocycles. The van der Waals surface area contributed by atoms with Gasteiger partial charge in [0.1, 0.15) is 5.75 Å². The van der Waals surface area contributed by atoms with Crippen molar-refractivity contribution in [1.82, 2.24) is 4.98 Å². The van der Waals surface area contributed by atoms with Crippen LogP contribution in [-0.2, 0) is 0 Å². The normalized spacial score (nSPS) is 14.2. The number of hydrogen-bond donors (Lipinski definition) is 1. The van der Waals surface area contributed by atoms with Gasteiger partial charge in [-0.05, 0) is 18.4 Å². The minimum absolute atomic E-state index is 0.0461. The summed E-state index contributed by atoms with van der Waals surface area (Å²) in [6.07, 6.45) is 9.56. The summed E-state index contributed by atoms with van der Waals surface area (Å²) in [5.74, 6) is 1.51. The molecule has 1 aromatic rings. The van der Waals surface area contributed by atoms with Gasteiger partial charge in [0.15, 0.2) is 0 Å². The maximum Gasteiger partial charge on any atom is 0.141 e. The zero-order valence-corrected chi connectivity index (χ0v) is 11.9. The second-order valence-corrected chi connectivity index (χ2v) is 4.88. The van der Waals surface area contributed by atoms with Crippen LogP contribution in [0.2, 0.25) is 0 Å². The molecule has 0 aromatic carbocycles. The lowest BCUT2D eigenvalue weighted by atomic mass is 9.89. The second kappa shape index (κ2) is 8.09. The van der Waals surface area contributed by atoms with Crippen molar-refractivity contribution in [1.29, 1.82) is 0 Å². The number of ether oxygens (including phenoxy) is 1. The van der Waals surface area contributed by atoms with Gasteiger partial charge < -0.3 is 10.5 Å². The van der Waals surface area contributed by atoms with Crippen LogP contribution in [0, 0.1) is 5.92 Å². The quantitative estimate of drug-likeness (QED) is 0.765. The van der Waals surface area contributed by atoms with Crippen LogP contribution in [0.15, 0.2) is 18.5 Å². The molecule has 0 radical (unpaired) electrons. The maximum absolute atomic E-state index is 6.31. The van der Waals surface area contributed by atoms with Crippen LogP contribution in [0.1, 0.15) is 57.6 Å². The lowest BCUT2D eigenvalue weighted by Crippen LogP contribution is -2.16. The molecule has 0 bridgehead atoms. The minimum atomic E-state index is 0.0461. The van der Waals surface area contributed by atoms with Crippen LogP contribution >= 0.6 is 0 Å². The van der Waals surface area contributed by atoms with Crippen molar-refractivity contribution in [2.45, 2.75) is 52.0 Å². The van der Waals surface area contributed by atoms with Gasteiger partial charge >= 0.3 is 0 Å². The Hall–Kier alpha value is -1.09. The Kier molecular flexibility index (Phi) is 6.73. The first-order valence-electron chi connectivity index (χ1n) is 6.96. The Morgan fingerprint density at radius 1 is 1.39 bits per heavy atom. The SMILES string of the molecule is CCCCC(CC)CC(N)c1ccncc1OC. The van der Waals surface area contributed by atoms with Gasteiger partial charge in [0.2, 0.25) is 0 Å². The Bertz CT molecular complexity index is 341. The van der Waals surface area contributed by atoms with Crippen molar-refractivity contribution >= 4 is 0 Å². The first-order valence-corrected chi connectivity index (χ1v) is 6.96. The topological polar surface area (TPSA) is 48.1 Å². The van der Waals surface area contributed by atoms with E-state index in [1.54, 1.807) is 19.5 Å². The van der Waals surface area contributed by atoms with Crippen molar-refractivity contribution in [3.8, 4) is 5.75 Å². The smallest absolute Gasteiger partial charge is 0.141 e. The molecule has 1 aromatic heterocycles. The molecule has 18 heavy (non-hydrogen) atoms. The highest BCUT2D eigenvalue weighted by Crippen LogP contribution is 2.29. The number of methoxy groups -OCH3 is 1. The summed E-state index contributed by atoms with van der Waals surface area (Å²) in [7, 11) is 1.67. The monoisotopic (exact) mass is 250 g/mol. The summed E-state index contributed by atoms with van der Waals surface area (Å²) in [5, 5.41) is 0. The zero-order valence-electron chi connectivity index (χ0n) is 11.9. The van der Waals surface area contributed by atoms with E-state index in [2.05, 4.69) is 18.8 Å². The summed E-state index contributed by atoms with van der Waals surface area (Å²) in [4.78, 5) is 4.07. The molecule has 2 unspecified atom stereocenters. The van der Waals surface area contributed by atoms with Crippen LogP contribution in [0.3, 0.4) is 0 Å². The molecule has 0 saturated carbocycles. The summed E-state index contributed by atoms with van der Waals surface area (Å²) in [6.45, 7) is 4.48. The van der Waals surface area contributed by atoms with Crippen LogP contribution in [-0.4, -0.2) is 12.1 Å². The number of nitrogens with two attached hydrogens (primary N) is 1. The molecule has 1 heterocycles. The van der Waals surface area contributed by atoms with Crippen molar-refractivity contribution < 1.29 is 4.74 Å². The van der Waals surface area contributed by atoms with Crippen molar-refractivity contribution in [2.75, 3.05) is 7.11 Å². The predicted molar refractivity (Wildman–Crippen MR) is 75.6 cm³/mol. The maximum atomic E-state index is 6.31. The van der Waals surface area contributed by atoms with E-state index in [1.807, 2.05) is 6.07 Å². The molecule has 102 valence electrons. The molecule has 0 saturated heterocycles. The molecule has 2 atom stereocenters. The van der Waals surface area contributed by atoms with E-state index in [-0.39, 0.29) is 6.04 Å². The highest BCUT2D eigenvalue weighted by molar-refractivity contribution is 5.32. The van der Waals surface area contributed by atoms with Crippen molar-refractivity contribution in [2.24, 2.45) is 11.7 Å². The van der Waals surface area contributed by atoms with Crippen molar-refractivity contribution in [3.05, 3.63) is 24.0 Å². The fourth-order valence-electron chi connectivity index (χ4n) is 2.34. The Balaban J connectivity index is 2.65. The standard InChI is InChI=1S/C15H26N2O/c1-4-6-7-12(5-2)10-14(16)13-8-9-17-11-15(13)18-3/h8-9,11-12,14H,4-7,10,16H2,1-3H3. The second-order valence-electron chi connectivity index (χ2n) is 4.88. The number of aromatic nitrogens is 1. The van der Waals surface area contributed by atoms with Gasteiger partial charge in [-0.15, -0.1) is 0 Å². The van der Waals surface area contributed by atoms with Gasteiger partial charge in [-0.3, -0.25) is 4.98 Å². The molecule has 0 fully saturated rings. The summed E-state index contributed by atoms with van der Waals surface area (Å²) in [6, 6.07) is 2.01. The fraction of sp³-hybridized carbons (Fsp3) is 0.667. The highest BCUT2D eigenvalue weighted by atomic mass is 16.5. The Labute approximate surface area is 111 Å². The van der Waals surface area contributed by atoms with Crippen LogP contribution in [0.5, 0.6) is 5.75 Å². The van der Waals surface area contributed by atoms with Gasteiger partial charge in [0.25, 0.3) is 0 Å². The molecule has 3 heteroatoms. The lowest BCUT2D eigenvalue weighted by Gasteiger charge is -2.21. The van der Waals surface area contributed by atoms with E-state index in [0.717, 1.165) is 17.7 Å². The molecular formula is C15H26N2O. The molecule has 0 aliphatic rings. The molecule has 0 amide bonds. The van der Waals surface area contributed by atoms with Crippen molar-refractivity contribution in [3.63, 3.8) is 0 Å². The first kappa shape index (κ1) is 15.0. The average molecular weight is 250 g/mol. The minimum Gasteiger partial charge on any atom is -0.495 e. The summed E-state index contributed by atoms with van der Waals surface area (Å²) >= 11 is 0. The van der Waals surface area contributed by atoms with Gasteiger partial charge in [-0.2, -0.15) is 0 Å². The third-order valence-corrected chi connectivity index (χ3v) is 3.57. The number of nitrogens with zero attached hydrogens (tertiary/aromatic N) is 1. The van der Waals surface area contributed by atoms with Gasteiger partial charge in [0.05, 0.1) is 13.3 Å². The van der Waals surface area contributed by atoms with E-state index in [0.29, 0.717) is 5.92 Å². The van der Waals surface area contributed by atoms with E-state index < -0.39 is 0 Å². The lowest BCUT2D eigenvalue weighted by molar-refractivity contribution is 0.370. The predicted octanol–water partition coefficient (Wildman–Crippen LogP) is 3.70. The molecule has 2 N–H and O–H groups in total. The summed E-state index contributed by atoms with van der Waals surface area (Å²) < 4.78 is 5.32. The molecular weight excluding hydrogens is 224 g/mol. The first-order chi connectivity index (χ1) is 8.72. The number of unbranched alkanes of at least 4 members (excludes halogenated alkanes) is 1. The fourth-order valence-corrected chi connectivity index (χ4v) is 2.34. The third kappa shape index (κ3) is 4.30. The van der Waals surface area contributed by atoms with E-state index in [9.17, 15) is 0 Å². The van der Waals surface area contributed by atoms with E-state index in [4.69, 9.17) is 10.5 Å². The number of pyridine rings is 1. The van der Waals surface area contributed by atoms with E-state index >= 15 is 0 Å². The molecule has 0 spiro atoms. The highest BCUT2D eigenvalue weighted by Gasteiger charge is 2.16.